The molecular weight excluding hydrogens is 373 g/mol. The average Bonchev–Trinajstić information content (AvgIpc) is 2.57. The third-order valence-electron chi connectivity index (χ3n) is 3.51. The van der Waals surface area contributed by atoms with Crippen LogP contribution in [0, 0.1) is 0 Å². The first-order valence-electron chi connectivity index (χ1n) is 8.04. The Bertz CT molecular complexity index is 794. The Kier molecular flexibility index (Phi) is 7.25. The monoisotopic (exact) mass is 391 g/mol. The number of carbonyl (C=O) groups is 2. The van der Waals surface area contributed by atoms with Crippen molar-refractivity contribution in [3.63, 3.8) is 0 Å². The Labute approximate surface area is 162 Å². The lowest BCUT2D eigenvalue weighted by atomic mass is 10.0. The summed E-state index contributed by atoms with van der Waals surface area (Å²) in [4.78, 5) is 23.5. The summed E-state index contributed by atoms with van der Waals surface area (Å²) in [7, 11) is 0. The fraction of sp³-hybridized carbons (Fsp3) is 0.200. The van der Waals surface area contributed by atoms with Gasteiger partial charge >= 0.3 is 5.97 Å². The van der Waals surface area contributed by atoms with Gasteiger partial charge in [0.25, 0.3) is 5.91 Å². The molecule has 0 bridgehead atoms. The highest BCUT2D eigenvalue weighted by Gasteiger charge is 2.07. The van der Waals surface area contributed by atoms with E-state index >= 15 is 0 Å². The first kappa shape index (κ1) is 20.0. The second kappa shape index (κ2) is 9.41. The molecule has 2 rings (SSSR count). The number of nitrogens with one attached hydrogen (secondary N) is 1. The van der Waals surface area contributed by atoms with E-state index in [1.54, 1.807) is 24.3 Å². The first-order chi connectivity index (χ1) is 12.3. The Morgan fingerprint density at radius 1 is 1.08 bits per heavy atom. The molecule has 1 N–H and O–H groups in total. The molecule has 0 spiro atoms. The van der Waals surface area contributed by atoms with E-state index in [-0.39, 0.29) is 0 Å². The van der Waals surface area contributed by atoms with Gasteiger partial charge in [0.1, 0.15) is 0 Å². The molecule has 0 fully saturated rings. The lowest BCUT2D eigenvalue weighted by molar-refractivity contribution is -0.142. The van der Waals surface area contributed by atoms with Gasteiger partial charge in [-0.15, -0.1) is 0 Å². The Balaban J connectivity index is 1.82. The van der Waals surface area contributed by atoms with Crippen LogP contribution in [-0.4, -0.2) is 18.5 Å². The van der Waals surface area contributed by atoms with Crippen molar-refractivity contribution in [2.75, 3.05) is 11.9 Å². The maximum atomic E-state index is 11.8. The molecule has 0 aliphatic heterocycles. The van der Waals surface area contributed by atoms with Crippen LogP contribution in [0.1, 0.15) is 30.9 Å². The van der Waals surface area contributed by atoms with Crippen molar-refractivity contribution in [2.45, 2.75) is 19.8 Å². The van der Waals surface area contributed by atoms with E-state index in [1.165, 1.54) is 11.6 Å². The van der Waals surface area contributed by atoms with Crippen LogP contribution in [0.15, 0.2) is 48.5 Å². The Hall–Kier alpha value is -2.30. The van der Waals surface area contributed by atoms with Crippen molar-refractivity contribution in [1.82, 2.24) is 0 Å². The molecule has 1 amide bonds. The van der Waals surface area contributed by atoms with Crippen molar-refractivity contribution in [3.05, 3.63) is 69.7 Å². The van der Waals surface area contributed by atoms with Gasteiger partial charge in [-0.1, -0.05) is 61.3 Å². The smallest absolute Gasteiger partial charge is 0.331 e. The third-order valence-corrected chi connectivity index (χ3v) is 3.94. The Morgan fingerprint density at radius 2 is 1.69 bits per heavy atom. The molecule has 2 aromatic carbocycles. The predicted octanol–water partition coefficient (Wildman–Crippen LogP) is 5.31. The SMILES string of the molecule is CC(C)c1ccc(/C=C/C(=O)OCC(=O)Nc2cc(Cl)cc(Cl)c2)cc1. The fourth-order valence-corrected chi connectivity index (χ4v) is 2.69. The number of benzene rings is 2. The highest BCUT2D eigenvalue weighted by molar-refractivity contribution is 6.35. The summed E-state index contributed by atoms with van der Waals surface area (Å²) in [6.07, 6.45) is 2.93. The molecule has 0 aromatic heterocycles. The molecule has 0 unspecified atom stereocenters. The Morgan fingerprint density at radius 3 is 2.27 bits per heavy atom. The molecule has 0 saturated heterocycles. The summed E-state index contributed by atoms with van der Waals surface area (Å²) in [6.45, 7) is 3.83. The van der Waals surface area contributed by atoms with Gasteiger partial charge in [0, 0.05) is 21.8 Å². The van der Waals surface area contributed by atoms with Crippen molar-refractivity contribution in [1.29, 1.82) is 0 Å². The van der Waals surface area contributed by atoms with Gasteiger partial charge in [-0.25, -0.2) is 4.79 Å². The minimum absolute atomic E-state index is 0.399. The molecule has 0 aliphatic rings. The van der Waals surface area contributed by atoms with E-state index in [0.29, 0.717) is 21.7 Å². The van der Waals surface area contributed by atoms with Crippen LogP contribution >= 0.6 is 23.2 Å². The topological polar surface area (TPSA) is 55.4 Å². The predicted molar refractivity (Wildman–Crippen MR) is 106 cm³/mol. The molecule has 26 heavy (non-hydrogen) atoms. The zero-order valence-electron chi connectivity index (χ0n) is 14.5. The third kappa shape index (κ3) is 6.54. The van der Waals surface area contributed by atoms with Crippen molar-refractivity contribution in [3.8, 4) is 0 Å². The second-order valence-corrected chi connectivity index (χ2v) is 6.84. The maximum Gasteiger partial charge on any atom is 0.331 e. The lowest BCUT2D eigenvalue weighted by Gasteiger charge is -2.06. The molecule has 0 aliphatic carbocycles. The van der Waals surface area contributed by atoms with Crippen molar-refractivity contribution in [2.24, 2.45) is 0 Å². The summed E-state index contributed by atoms with van der Waals surface area (Å²) >= 11 is 11.7. The lowest BCUT2D eigenvalue weighted by Crippen LogP contribution is -2.20. The van der Waals surface area contributed by atoms with Gasteiger partial charge in [-0.3, -0.25) is 4.79 Å². The van der Waals surface area contributed by atoms with E-state index in [2.05, 4.69) is 19.2 Å². The van der Waals surface area contributed by atoms with Crippen LogP contribution in [0.5, 0.6) is 0 Å². The number of amides is 1. The normalized spacial score (nSPS) is 11.0. The average molecular weight is 392 g/mol. The molecular formula is C20H19Cl2NO3. The van der Waals surface area contributed by atoms with E-state index in [4.69, 9.17) is 27.9 Å². The van der Waals surface area contributed by atoms with Crippen molar-refractivity contribution >= 4 is 46.8 Å². The number of anilines is 1. The maximum absolute atomic E-state index is 11.8. The standard InChI is InChI=1S/C20H19Cl2NO3/c1-13(2)15-6-3-14(4-7-15)5-8-20(25)26-12-19(24)23-18-10-16(21)9-17(22)11-18/h3-11,13H,12H2,1-2H3,(H,23,24)/b8-5+. The largest absolute Gasteiger partial charge is 0.452 e. The molecule has 2 aromatic rings. The molecule has 4 nitrogen and oxygen atoms in total. The van der Waals surface area contributed by atoms with Gasteiger partial charge in [-0.2, -0.15) is 0 Å². The zero-order chi connectivity index (χ0) is 19.1. The summed E-state index contributed by atoms with van der Waals surface area (Å²) in [6, 6.07) is 12.5. The fourth-order valence-electron chi connectivity index (χ4n) is 2.16. The number of hydrogen-bond acceptors (Lipinski definition) is 3. The second-order valence-electron chi connectivity index (χ2n) is 5.97. The minimum Gasteiger partial charge on any atom is -0.452 e. The highest BCUT2D eigenvalue weighted by Crippen LogP contribution is 2.22. The van der Waals surface area contributed by atoms with E-state index in [0.717, 1.165) is 5.56 Å². The first-order valence-corrected chi connectivity index (χ1v) is 8.80. The van der Waals surface area contributed by atoms with E-state index in [9.17, 15) is 9.59 Å². The number of esters is 1. The quantitative estimate of drug-likeness (QED) is 0.535. The van der Waals surface area contributed by atoms with Gasteiger partial charge in [-0.05, 0) is 41.3 Å². The minimum atomic E-state index is -0.600. The zero-order valence-corrected chi connectivity index (χ0v) is 16.0. The van der Waals surface area contributed by atoms with Crippen molar-refractivity contribution < 1.29 is 14.3 Å². The molecule has 0 heterocycles. The van der Waals surface area contributed by atoms with Crippen LogP contribution in [0.2, 0.25) is 10.0 Å². The van der Waals surface area contributed by atoms with Crippen LogP contribution in [0.3, 0.4) is 0 Å². The van der Waals surface area contributed by atoms with E-state index in [1.807, 2.05) is 24.3 Å². The van der Waals surface area contributed by atoms with Gasteiger partial charge in [0.05, 0.1) is 0 Å². The van der Waals surface area contributed by atoms with Gasteiger partial charge in [0.2, 0.25) is 0 Å². The number of halogens is 2. The van der Waals surface area contributed by atoms with Crippen LogP contribution < -0.4 is 5.32 Å². The summed E-state index contributed by atoms with van der Waals surface area (Å²) in [5.74, 6) is -0.630. The summed E-state index contributed by atoms with van der Waals surface area (Å²) in [5.41, 5.74) is 2.54. The number of rotatable bonds is 6. The molecule has 0 atom stereocenters. The number of ether oxygens (including phenoxy) is 1. The van der Waals surface area contributed by atoms with Crippen LogP contribution in [-0.2, 0) is 14.3 Å². The molecule has 136 valence electrons. The van der Waals surface area contributed by atoms with Gasteiger partial charge < -0.3 is 10.1 Å². The molecule has 0 saturated carbocycles. The molecule has 0 radical (unpaired) electrons. The highest BCUT2D eigenvalue weighted by atomic mass is 35.5. The van der Waals surface area contributed by atoms with Crippen LogP contribution in [0.4, 0.5) is 5.69 Å². The molecule has 6 heteroatoms. The number of carbonyl (C=O) groups excluding carboxylic acids is 2. The number of hydrogen-bond donors (Lipinski definition) is 1. The summed E-state index contributed by atoms with van der Waals surface area (Å²) in [5, 5.41) is 3.36. The summed E-state index contributed by atoms with van der Waals surface area (Å²) < 4.78 is 4.92. The van der Waals surface area contributed by atoms with Gasteiger partial charge in [0.15, 0.2) is 6.61 Å². The van der Waals surface area contributed by atoms with Crippen LogP contribution in [0.25, 0.3) is 6.08 Å². The van der Waals surface area contributed by atoms with E-state index < -0.39 is 18.5 Å².